The van der Waals surface area contributed by atoms with Gasteiger partial charge in [0.25, 0.3) is 0 Å². The molecule has 1 aliphatic heterocycles. The fraction of sp³-hybridized carbons (Fsp3) is 0.615. The molecule has 1 amide bonds. The van der Waals surface area contributed by atoms with Crippen molar-refractivity contribution in [3.05, 3.63) is 11.1 Å². The summed E-state index contributed by atoms with van der Waals surface area (Å²) in [6, 6.07) is 0. The highest BCUT2D eigenvalue weighted by molar-refractivity contribution is 7.13. The number of aromatic nitrogens is 1. The topological polar surface area (TPSA) is 80.3 Å². The first-order valence-corrected chi connectivity index (χ1v) is 7.68. The number of rotatable bonds is 5. The maximum Gasteiger partial charge on any atom is 0.311 e. The summed E-state index contributed by atoms with van der Waals surface area (Å²) in [5, 5.41) is 8.37. The highest BCUT2D eigenvalue weighted by Gasteiger charge is 2.21. The van der Waals surface area contributed by atoms with Gasteiger partial charge in [0, 0.05) is 11.3 Å². The first-order valence-electron chi connectivity index (χ1n) is 6.80. The third-order valence-corrected chi connectivity index (χ3v) is 3.93. The van der Waals surface area contributed by atoms with Crippen LogP contribution in [0, 0.1) is 5.92 Å². The molecular formula is C13H20ClN3O3S. The summed E-state index contributed by atoms with van der Waals surface area (Å²) in [6.07, 6.45) is 1.85. The molecule has 0 aromatic carbocycles. The number of amides is 1. The molecule has 1 aliphatic rings. The molecule has 0 saturated carbocycles. The third kappa shape index (κ3) is 5.61. The fourth-order valence-corrected chi connectivity index (χ4v) is 2.81. The second-order valence-corrected chi connectivity index (χ2v) is 5.50. The lowest BCUT2D eigenvalue weighted by Crippen LogP contribution is -2.34. The van der Waals surface area contributed by atoms with Crippen LogP contribution in [0.2, 0.25) is 0 Å². The lowest BCUT2D eigenvalue weighted by Gasteiger charge is -2.20. The van der Waals surface area contributed by atoms with Crippen LogP contribution in [0.5, 0.6) is 0 Å². The Hall–Kier alpha value is -1.18. The van der Waals surface area contributed by atoms with Gasteiger partial charge in [-0.1, -0.05) is 0 Å². The molecular weight excluding hydrogens is 314 g/mol. The van der Waals surface area contributed by atoms with Crippen LogP contribution in [0.4, 0.5) is 5.13 Å². The minimum Gasteiger partial charge on any atom is -0.466 e. The number of ether oxygens (including phenoxy) is 1. The van der Waals surface area contributed by atoms with E-state index < -0.39 is 0 Å². The number of anilines is 1. The summed E-state index contributed by atoms with van der Waals surface area (Å²) in [7, 11) is 0. The number of carbonyl (C=O) groups excluding carboxylic acids is 2. The first kappa shape index (κ1) is 17.9. The molecule has 0 spiro atoms. The maximum absolute atomic E-state index is 12.0. The molecule has 6 nitrogen and oxygen atoms in total. The van der Waals surface area contributed by atoms with Crippen molar-refractivity contribution in [2.45, 2.75) is 26.2 Å². The van der Waals surface area contributed by atoms with Gasteiger partial charge in [-0.15, -0.1) is 23.7 Å². The number of thiazole rings is 1. The van der Waals surface area contributed by atoms with E-state index in [1.807, 2.05) is 0 Å². The van der Waals surface area contributed by atoms with Crippen LogP contribution in [0.25, 0.3) is 0 Å². The molecule has 0 unspecified atom stereocenters. The number of hydrogen-bond donors (Lipinski definition) is 2. The molecule has 1 saturated heterocycles. The van der Waals surface area contributed by atoms with Gasteiger partial charge in [0.15, 0.2) is 5.13 Å². The number of piperidine rings is 1. The van der Waals surface area contributed by atoms with E-state index in [1.165, 1.54) is 11.3 Å². The Bertz CT molecular complexity index is 475. The summed E-state index contributed by atoms with van der Waals surface area (Å²) in [4.78, 5) is 27.6. The van der Waals surface area contributed by atoms with Crippen LogP contribution >= 0.6 is 23.7 Å². The van der Waals surface area contributed by atoms with Crippen LogP contribution in [0.3, 0.4) is 0 Å². The number of hydrogen-bond acceptors (Lipinski definition) is 6. The quantitative estimate of drug-likeness (QED) is 0.800. The standard InChI is InChI=1S/C13H19N3O3S.ClH/c1-2-19-11(17)7-10-8-20-13(15-10)16-12(18)9-3-5-14-6-4-9;/h8-9,14H,2-7H2,1H3,(H,15,16,18);1H. The van der Waals surface area contributed by atoms with Gasteiger partial charge in [-0.05, 0) is 32.9 Å². The van der Waals surface area contributed by atoms with E-state index in [1.54, 1.807) is 12.3 Å². The molecule has 8 heteroatoms. The summed E-state index contributed by atoms with van der Waals surface area (Å²) in [6.45, 7) is 3.89. The van der Waals surface area contributed by atoms with Crippen molar-refractivity contribution >= 4 is 40.8 Å². The van der Waals surface area contributed by atoms with E-state index in [0.29, 0.717) is 17.4 Å². The van der Waals surface area contributed by atoms with Crippen LogP contribution in [-0.4, -0.2) is 36.6 Å². The monoisotopic (exact) mass is 333 g/mol. The third-order valence-electron chi connectivity index (χ3n) is 3.12. The number of nitrogens with one attached hydrogen (secondary N) is 2. The predicted molar refractivity (Wildman–Crippen MR) is 83.9 cm³/mol. The van der Waals surface area contributed by atoms with Gasteiger partial charge in [-0.3, -0.25) is 9.59 Å². The Labute approximate surface area is 134 Å². The van der Waals surface area contributed by atoms with Crippen molar-refractivity contribution in [3.8, 4) is 0 Å². The lowest BCUT2D eigenvalue weighted by atomic mass is 9.97. The summed E-state index contributed by atoms with van der Waals surface area (Å²) < 4.78 is 4.86. The van der Waals surface area contributed by atoms with E-state index in [2.05, 4.69) is 15.6 Å². The molecule has 0 radical (unpaired) electrons. The van der Waals surface area contributed by atoms with E-state index >= 15 is 0 Å². The normalized spacial score (nSPS) is 15.1. The molecule has 2 heterocycles. The number of halogens is 1. The molecule has 1 aromatic rings. The van der Waals surface area contributed by atoms with Gasteiger partial charge in [-0.25, -0.2) is 4.98 Å². The minimum atomic E-state index is -0.297. The van der Waals surface area contributed by atoms with Gasteiger partial charge in [0.1, 0.15) is 0 Å². The van der Waals surface area contributed by atoms with Gasteiger partial charge in [0.2, 0.25) is 5.91 Å². The molecule has 21 heavy (non-hydrogen) atoms. The Morgan fingerprint density at radius 2 is 2.19 bits per heavy atom. The molecule has 0 bridgehead atoms. The van der Waals surface area contributed by atoms with Crippen LogP contribution in [0.1, 0.15) is 25.5 Å². The Morgan fingerprint density at radius 3 is 2.86 bits per heavy atom. The van der Waals surface area contributed by atoms with Crippen molar-refractivity contribution in [1.29, 1.82) is 0 Å². The smallest absolute Gasteiger partial charge is 0.311 e. The molecule has 0 aliphatic carbocycles. The van der Waals surface area contributed by atoms with Crippen molar-refractivity contribution in [2.24, 2.45) is 5.92 Å². The van der Waals surface area contributed by atoms with E-state index in [0.717, 1.165) is 25.9 Å². The SMILES string of the molecule is CCOC(=O)Cc1csc(NC(=O)C2CCNCC2)n1.Cl. The Morgan fingerprint density at radius 1 is 1.48 bits per heavy atom. The average Bonchev–Trinajstić information content (AvgIpc) is 2.87. The highest BCUT2D eigenvalue weighted by Crippen LogP contribution is 2.19. The zero-order valence-corrected chi connectivity index (χ0v) is 13.5. The number of nitrogens with zero attached hydrogens (tertiary/aromatic N) is 1. The summed E-state index contributed by atoms with van der Waals surface area (Å²) in [5.74, 6) is -0.230. The van der Waals surface area contributed by atoms with Gasteiger partial charge < -0.3 is 15.4 Å². The molecule has 1 fully saturated rings. The van der Waals surface area contributed by atoms with Gasteiger partial charge >= 0.3 is 5.97 Å². The van der Waals surface area contributed by atoms with Gasteiger partial charge in [-0.2, -0.15) is 0 Å². The van der Waals surface area contributed by atoms with Crippen LogP contribution in [0.15, 0.2) is 5.38 Å². The Kier molecular flexibility index (Phi) is 7.63. The molecule has 0 atom stereocenters. The number of esters is 1. The summed E-state index contributed by atoms with van der Waals surface area (Å²) >= 11 is 1.34. The second kappa shape index (κ2) is 8.96. The maximum atomic E-state index is 12.0. The van der Waals surface area contributed by atoms with Crippen LogP contribution in [-0.2, 0) is 20.7 Å². The summed E-state index contributed by atoms with van der Waals surface area (Å²) in [5.41, 5.74) is 0.633. The molecule has 2 rings (SSSR count). The second-order valence-electron chi connectivity index (χ2n) is 4.64. The first-order chi connectivity index (χ1) is 9.69. The predicted octanol–water partition coefficient (Wildman–Crippen LogP) is 1.61. The van der Waals surface area contributed by atoms with Crippen molar-refractivity contribution in [1.82, 2.24) is 10.3 Å². The van der Waals surface area contributed by atoms with Crippen molar-refractivity contribution in [3.63, 3.8) is 0 Å². The van der Waals surface area contributed by atoms with Gasteiger partial charge in [0.05, 0.1) is 18.7 Å². The zero-order valence-electron chi connectivity index (χ0n) is 11.9. The highest BCUT2D eigenvalue weighted by atomic mass is 35.5. The van der Waals surface area contributed by atoms with Crippen LogP contribution < -0.4 is 10.6 Å². The lowest BCUT2D eigenvalue weighted by molar-refractivity contribution is -0.142. The van der Waals surface area contributed by atoms with E-state index in [9.17, 15) is 9.59 Å². The van der Waals surface area contributed by atoms with E-state index in [4.69, 9.17) is 4.74 Å². The van der Waals surface area contributed by atoms with Crippen molar-refractivity contribution < 1.29 is 14.3 Å². The van der Waals surface area contributed by atoms with E-state index in [-0.39, 0.29) is 36.6 Å². The zero-order chi connectivity index (χ0) is 14.4. The fourth-order valence-electron chi connectivity index (χ4n) is 2.10. The molecule has 2 N–H and O–H groups in total. The van der Waals surface area contributed by atoms with Crippen molar-refractivity contribution in [2.75, 3.05) is 25.0 Å². The molecule has 1 aromatic heterocycles. The average molecular weight is 334 g/mol. The molecule has 118 valence electrons. The minimum absolute atomic E-state index is 0. The number of carbonyl (C=O) groups is 2. The largest absolute Gasteiger partial charge is 0.466 e. The Balaban J connectivity index is 0.00000220.